The third-order valence-electron chi connectivity index (χ3n) is 4.88. The van der Waals surface area contributed by atoms with E-state index in [0.29, 0.717) is 5.56 Å². The zero-order valence-electron chi connectivity index (χ0n) is 14.9. The lowest BCUT2D eigenvalue weighted by molar-refractivity contribution is 0.102. The van der Waals surface area contributed by atoms with E-state index in [9.17, 15) is 9.18 Å². The molecule has 0 atom stereocenters. The minimum absolute atomic E-state index is 0.178. The van der Waals surface area contributed by atoms with Crippen LogP contribution < -0.4 is 10.6 Å². The summed E-state index contributed by atoms with van der Waals surface area (Å²) in [6, 6.07) is 15.6. The maximum atomic E-state index is 13.3. The molecule has 1 fully saturated rings. The highest BCUT2D eigenvalue weighted by atomic mass is 19.1. The highest BCUT2D eigenvalue weighted by Gasteiger charge is 2.27. The van der Waals surface area contributed by atoms with Crippen molar-refractivity contribution < 1.29 is 9.18 Å². The molecule has 0 saturated carbocycles. The molecule has 0 bridgehead atoms. The van der Waals surface area contributed by atoms with Crippen molar-refractivity contribution in [3.8, 4) is 5.69 Å². The maximum Gasteiger partial charge on any atom is 0.259 e. The highest BCUT2D eigenvalue weighted by molar-refractivity contribution is 6.05. The Morgan fingerprint density at radius 1 is 1.07 bits per heavy atom. The van der Waals surface area contributed by atoms with E-state index in [1.807, 2.05) is 30.3 Å². The number of nitrogens with zero attached hydrogens (tertiary/aromatic N) is 2. The molecule has 4 rings (SSSR count). The standard InChI is InChI=1S/C21H21FN4O/c22-16-6-8-18(9-7-16)26-20(15-10-12-23-13-11-15)19(14-24-26)21(27)25-17-4-2-1-3-5-17/h1-9,14-15,23H,10-13H2,(H,25,27). The largest absolute Gasteiger partial charge is 0.322 e. The summed E-state index contributed by atoms with van der Waals surface area (Å²) in [6.45, 7) is 1.80. The molecule has 2 N–H and O–H groups in total. The van der Waals surface area contributed by atoms with Crippen LogP contribution in [0.2, 0.25) is 0 Å². The summed E-state index contributed by atoms with van der Waals surface area (Å²) in [6.07, 6.45) is 3.47. The molecule has 1 amide bonds. The van der Waals surface area contributed by atoms with Crippen molar-refractivity contribution in [3.63, 3.8) is 0 Å². The van der Waals surface area contributed by atoms with Crippen molar-refractivity contribution >= 4 is 11.6 Å². The number of halogens is 1. The molecule has 0 spiro atoms. The molecule has 2 heterocycles. The molecular weight excluding hydrogens is 343 g/mol. The Bertz CT molecular complexity index is 915. The Labute approximate surface area is 157 Å². The highest BCUT2D eigenvalue weighted by Crippen LogP contribution is 2.30. The molecule has 0 radical (unpaired) electrons. The van der Waals surface area contributed by atoms with Gasteiger partial charge in [0.25, 0.3) is 5.91 Å². The van der Waals surface area contributed by atoms with Crippen LogP contribution in [0.3, 0.4) is 0 Å². The number of piperidine rings is 1. The van der Waals surface area contributed by atoms with E-state index in [-0.39, 0.29) is 17.6 Å². The van der Waals surface area contributed by atoms with Gasteiger partial charge in [-0.25, -0.2) is 9.07 Å². The quantitative estimate of drug-likeness (QED) is 0.742. The van der Waals surface area contributed by atoms with Gasteiger partial charge in [-0.2, -0.15) is 5.10 Å². The Kier molecular flexibility index (Phi) is 4.98. The van der Waals surface area contributed by atoms with Crippen LogP contribution >= 0.6 is 0 Å². The lowest BCUT2D eigenvalue weighted by atomic mass is 9.91. The number of amides is 1. The molecule has 1 saturated heterocycles. The van der Waals surface area contributed by atoms with Gasteiger partial charge in [0, 0.05) is 11.6 Å². The summed E-state index contributed by atoms with van der Waals surface area (Å²) < 4.78 is 15.1. The van der Waals surface area contributed by atoms with Crippen LogP contribution in [-0.4, -0.2) is 28.8 Å². The minimum Gasteiger partial charge on any atom is -0.322 e. The molecule has 0 aliphatic carbocycles. The molecule has 1 aliphatic heterocycles. The number of benzene rings is 2. The zero-order chi connectivity index (χ0) is 18.6. The average Bonchev–Trinajstić information content (AvgIpc) is 3.15. The first-order valence-electron chi connectivity index (χ1n) is 9.13. The van der Waals surface area contributed by atoms with Gasteiger partial charge < -0.3 is 10.6 Å². The van der Waals surface area contributed by atoms with Gasteiger partial charge in [-0.3, -0.25) is 4.79 Å². The van der Waals surface area contributed by atoms with Crippen LogP contribution in [0.15, 0.2) is 60.8 Å². The van der Waals surface area contributed by atoms with Crippen molar-refractivity contribution in [2.24, 2.45) is 0 Å². The molecule has 138 valence electrons. The summed E-state index contributed by atoms with van der Waals surface area (Å²) in [4.78, 5) is 12.9. The van der Waals surface area contributed by atoms with E-state index in [0.717, 1.165) is 43.0 Å². The number of nitrogens with one attached hydrogen (secondary N) is 2. The van der Waals surface area contributed by atoms with Gasteiger partial charge >= 0.3 is 0 Å². The number of hydrogen-bond acceptors (Lipinski definition) is 3. The van der Waals surface area contributed by atoms with Gasteiger partial charge in [0.05, 0.1) is 23.1 Å². The Hall–Kier alpha value is -2.99. The first kappa shape index (κ1) is 17.4. The molecule has 6 heteroatoms. The van der Waals surface area contributed by atoms with Crippen molar-refractivity contribution in [2.45, 2.75) is 18.8 Å². The van der Waals surface area contributed by atoms with Crippen LogP contribution in [0.5, 0.6) is 0 Å². The van der Waals surface area contributed by atoms with Crippen LogP contribution in [-0.2, 0) is 0 Å². The van der Waals surface area contributed by atoms with Gasteiger partial charge in [0.2, 0.25) is 0 Å². The van der Waals surface area contributed by atoms with Gasteiger partial charge in [0.15, 0.2) is 0 Å². The van der Waals surface area contributed by atoms with E-state index in [1.165, 1.54) is 12.1 Å². The van der Waals surface area contributed by atoms with Crippen LogP contribution in [0.25, 0.3) is 5.69 Å². The zero-order valence-corrected chi connectivity index (χ0v) is 14.9. The number of para-hydroxylation sites is 1. The third-order valence-corrected chi connectivity index (χ3v) is 4.88. The van der Waals surface area contributed by atoms with Crippen molar-refractivity contribution in [3.05, 3.63) is 77.9 Å². The predicted octanol–water partition coefficient (Wildman–Crippen LogP) is 3.73. The molecule has 0 unspecified atom stereocenters. The second-order valence-corrected chi connectivity index (χ2v) is 6.68. The van der Waals surface area contributed by atoms with Gasteiger partial charge in [-0.05, 0) is 62.3 Å². The van der Waals surface area contributed by atoms with Crippen molar-refractivity contribution in [1.82, 2.24) is 15.1 Å². The average molecular weight is 364 g/mol. The Balaban J connectivity index is 1.72. The smallest absolute Gasteiger partial charge is 0.259 e. The van der Waals surface area contributed by atoms with Crippen LogP contribution in [0, 0.1) is 5.82 Å². The monoisotopic (exact) mass is 364 g/mol. The molecule has 1 aromatic heterocycles. The summed E-state index contributed by atoms with van der Waals surface area (Å²) in [5, 5.41) is 10.8. The molecular formula is C21H21FN4O. The van der Waals surface area contributed by atoms with E-state index in [2.05, 4.69) is 15.7 Å². The maximum absolute atomic E-state index is 13.3. The number of aromatic nitrogens is 2. The van der Waals surface area contributed by atoms with E-state index >= 15 is 0 Å². The van der Waals surface area contributed by atoms with Crippen molar-refractivity contribution in [2.75, 3.05) is 18.4 Å². The summed E-state index contributed by atoms with van der Waals surface area (Å²) in [5.41, 5.74) is 2.95. The minimum atomic E-state index is -0.295. The van der Waals surface area contributed by atoms with Gasteiger partial charge in [0.1, 0.15) is 5.82 Å². The van der Waals surface area contributed by atoms with Gasteiger partial charge in [-0.1, -0.05) is 18.2 Å². The van der Waals surface area contributed by atoms with E-state index in [1.54, 1.807) is 23.0 Å². The second-order valence-electron chi connectivity index (χ2n) is 6.68. The number of carbonyl (C=O) groups is 1. The van der Waals surface area contributed by atoms with E-state index < -0.39 is 0 Å². The Morgan fingerprint density at radius 3 is 2.48 bits per heavy atom. The molecule has 3 aromatic rings. The summed E-state index contributed by atoms with van der Waals surface area (Å²) in [7, 11) is 0. The lowest BCUT2D eigenvalue weighted by Gasteiger charge is -2.24. The molecule has 1 aliphatic rings. The number of carbonyl (C=O) groups excluding carboxylic acids is 1. The topological polar surface area (TPSA) is 59.0 Å². The lowest BCUT2D eigenvalue weighted by Crippen LogP contribution is -2.29. The van der Waals surface area contributed by atoms with Crippen LogP contribution in [0.4, 0.5) is 10.1 Å². The first-order chi connectivity index (χ1) is 13.2. The molecule has 2 aromatic carbocycles. The fraction of sp³-hybridized carbons (Fsp3) is 0.238. The number of hydrogen-bond donors (Lipinski definition) is 2. The fourth-order valence-electron chi connectivity index (χ4n) is 3.53. The summed E-state index contributed by atoms with van der Waals surface area (Å²) in [5.74, 6) is -0.255. The van der Waals surface area contributed by atoms with Gasteiger partial charge in [-0.15, -0.1) is 0 Å². The van der Waals surface area contributed by atoms with Crippen molar-refractivity contribution in [1.29, 1.82) is 0 Å². The Morgan fingerprint density at radius 2 is 1.78 bits per heavy atom. The predicted molar refractivity (Wildman–Crippen MR) is 103 cm³/mol. The number of rotatable bonds is 4. The van der Waals surface area contributed by atoms with Crippen LogP contribution in [0.1, 0.15) is 34.8 Å². The SMILES string of the molecule is O=C(Nc1ccccc1)c1cnn(-c2ccc(F)cc2)c1C1CCNCC1. The third kappa shape index (κ3) is 3.75. The first-order valence-corrected chi connectivity index (χ1v) is 9.13. The second kappa shape index (κ2) is 7.72. The molecule has 27 heavy (non-hydrogen) atoms. The fourth-order valence-corrected chi connectivity index (χ4v) is 3.53. The van der Waals surface area contributed by atoms with E-state index in [4.69, 9.17) is 0 Å². The normalized spacial score (nSPS) is 14.9. The number of anilines is 1. The summed E-state index contributed by atoms with van der Waals surface area (Å²) >= 11 is 0. The molecule has 5 nitrogen and oxygen atoms in total.